The largest absolute Gasteiger partial charge is 0.464 e. The Morgan fingerprint density at radius 2 is 1.95 bits per heavy atom. The Bertz CT molecular complexity index is 485. The van der Waals surface area contributed by atoms with Crippen molar-refractivity contribution >= 4 is 27.6 Å². The van der Waals surface area contributed by atoms with Crippen LogP contribution in [0.3, 0.4) is 0 Å². The van der Waals surface area contributed by atoms with Crippen LogP contribution in [-0.2, 0) is 4.74 Å². The smallest absolute Gasteiger partial charge is 0.356 e. The van der Waals surface area contributed by atoms with Crippen molar-refractivity contribution in [3.63, 3.8) is 0 Å². The molecule has 1 aliphatic rings. The second-order valence-electron chi connectivity index (χ2n) is 5.11. The zero-order chi connectivity index (χ0) is 14.7. The minimum absolute atomic E-state index is 0.323. The van der Waals surface area contributed by atoms with E-state index in [-0.39, 0.29) is 0 Å². The molecule has 0 bridgehead atoms. The molecule has 0 amide bonds. The third kappa shape index (κ3) is 3.30. The summed E-state index contributed by atoms with van der Waals surface area (Å²) in [6, 6.07) is 4.22. The van der Waals surface area contributed by atoms with Crippen molar-refractivity contribution in [3.8, 4) is 0 Å². The number of anilines is 1. The van der Waals surface area contributed by atoms with Gasteiger partial charge in [-0.15, -0.1) is 0 Å². The Hall–Kier alpha value is -1.14. The van der Waals surface area contributed by atoms with Crippen LogP contribution in [0.2, 0.25) is 0 Å². The van der Waals surface area contributed by atoms with Crippen molar-refractivity contribution in [1.82, 2.24) is 9.88 Å². The standard InChI is InChI=1S/C14H20BrN3O2/c1-10(2)17-6-8-18(9-7-17)12-5-4-11(14(19)20-3)16-13(12)15/h4-5,10H,6-9H2,1-3H3. The highest BCUT2D eigenvalue weighted by molar-refractivity contribution is 9.10. The Balaban J connectivity index is 2.09. The van der Waals surface area contributed by atoms with Gasteiger partial charge in [0.25, 0.3) is 0 Å². The highest BCUT2D eigenvalue weighted by atomic mass is 79.9. The Kier molecular flexibility index (Phi) is 4.99. The molecule has 0 saturated carbocycles. The lowest BCUT2D eigenvalue weighted by molar-refractivity contribution is 0.0594. The number of carbonyl (C=O) groups excluding carboxylic acids is 1. The number of carbonyl (C=O) groups is 1. The molecule has 0 spiro atoms. The summed E-state index contributed by atoms with van der Waals surface area (Å²) in [5.74, 6) is -0.415. The second-order valence-corrected chi connectivity index (χ2v) is 5.87. The predicted octanol–water partition coefficient (Wildman–Crippen LogP) is 2.16. The van der Waals surface area contributed by atoms with Crippen molar-refractivity contribution < 1.29 is 9.53 Å². The van der Waals surface area contributed by atoms with Gasteiger partial charge in [-0.1, -0.05) is 0 Å². The van der Waals surface area contributed by atoms with E-state index < -0.39 is 5.97 Å². The maximum Gasteiger partial charge on any atom is 0.356 e. The van der Waals surface area contributed by atoms with Crippen LogP contribution < -0.4 is 4.90 Å². The molecule has 20 heavy (non-hydrogen) atoms. The summed E-state index contributed by atoms with van der Waals surface area (Å²) in [6.45, 7) is 8.47. The lowest BCUT2D eigenvalue weighted by Gasteiger charge is -2.38. The molecule has 1 aliphatic heterocycles. The summed E-state index contributed by atoms with van der Waals surface area (Å²) in [7, 11) is 1.36. The molecule has 1 fully saturated rings. The lowest BCUT2D eigenvalue weighted by Crippen LogP contribution is -2.49. The molecule has 1 aromatic rings. The molecule has 110 valence electrons. The quantitative estimate of drug-likeness (QED) is 0.622. The summed E-state index contributed by atoms with van der Waals surface area (Å²) in [5, 5.41) is 0. The van der Waals surface area contributed by atoms with E-state index in [0.717, 1.165) is 31.9 Å². The molecule has 5 nitrogen and oxygen atoms in total. The van der Waals surface area contributed by atoms with Gasteiger partial charge in [0, 0.05) is 32.2 Å². The number of rotatable bonds is 3. The molecule has 0 radical (unpaired) electrons. The Labute approximate surface area is 128 Å². The minimum Gasteiger partial charge on any atom is -0.464 e. The van der Waals surface area contributed by atoms with Crippen LogP contribution >= 0.6 is 15.9 Å². The molecule has 6 heteroatoms. The summed E-state index contributed by atoms with van der Waals surface area (Å²) in [6.07, 6.45) is 0. The van der Waals surface area contributed by atoms with Crippen LogP contribution in [0.4, 0.5) is 5.69 Å². The molecular formula is C14H20BrN3O2. The molecule has 1 aromatic heterocycles. The molecule has 2 heterocycles. The maximum atomic E-state index is 11.4. The van der Waals surface area contributed by atoms with E-state index in [9.17, 15) is 4.79 Å². The number of halogens is 1. The molecular weight excluding hydrogens is 322 g/mol. The lowest BCUT2D eigenvalue weighted by atomic mass is 10.2. The molecule has 0 aromatic carbocycles. The first-order valence-corrected chi connectivity index (χ1v) is 7.56. The van der Waals surface area contributed by atoms with Crippen LogP contribution in [0.1, 0.15) is 24.3 Å². The van der Waals surface area contributed by atoms with Gasteiger partial charge in [0.05, 0.1) is 12.8 Å². The predicted molar refractivity (Wildman–Crippen MR) is 82.2 cm³/mol. The third-order valence-corrected chi connectivity index (χ3v) is 4.19. The van der Waals surface area contributed by atoms with Crippen molar-refractivity contribution in [2.75, 3.05) is 38.2 Å². The van der Waals surface area contributed by atoms with E-state index in [1.807, 2.05) is 6.07 Å². The fourth-order valence-electron chi connectivity index (χ4n) is 2.36. The maximum absolute atomic E-state index is 11.4. The van der Waals surface area contributed by atoms with Gasteiger partial charge >= 0.3 is 5.97 Å². The van der Waals surface area contributed by atoms with Crippen molar-refractivity contribution in [1.29, 1.82) is 0 Å². The highest BCUT2D eigenvalue weighted by Crippen LogP contribution is 2.26. The molecule has 2 rings (SSSR count). The topological polar surface area (TPSA) is 45.7 Å². The summed E-state index contributed by atoms with van der Waals surface area (Å²) >= 11 is 3.45. The van der Waals surface area contributed by atoms with Gasteiger partial charge in [-0.25, -0.2) is 9.78 Å². The molecule has 0 aliphatic carbocycles. The first kappa shape index (κ1) is 15.3. The van der Waals surface area contributed by atoms with Crippen LogP contribution in [0, 0.1) is 0 Å². The van der Waals surface area contributed by atoms with Gasteiger partial charge in [-0.05, 0) is 41.9 Å². The average molecular weight is 342 g/mol. The van der Waals surface area contributed by atoms with E-state index in [0.29, 0.717) is 16.3 Å². The van der Waals surface area contributed by atoms with Crippen molar-refractivity contribution in [3.05, 3.63) is 22.4 Å². The van der Waals surface area contributed by atoms with E-state index in [1.54, 1.807) is 6.07 Å². The van der Waals surface area contributed by atoms with Crippen LogP contribution in [0.25, 0.3) is 0 Å². The number of ether oxygens (including phenoxy) is 1. The van der Waals surface area contributed by atoms with E-state index in [2.05, 4.69) is 49.3 Å². The van der Waals surface area contributed by atoms with E-state index >= 15 is 0 Å². The first-order chi connectivity index (χ1) is 9.52. The molecule has 0 N–H and O–H groups in total. The second kappa shape index (κ2) is 6.54. The van der Waals surface area contributed by atoms with Crippen LogP contribution in [-0.4, -0.2) is 55.2 Å². The highest BCUT2D eigenvalue weighted by Gasteiger charge is 2.21. The van der Waals surface area contributed by atoms with Crippen LogP contribution in [0.15, 0.2) is 16.7 Å². The number of nitrogens with zero attached hydrogens (tertiary/aromatic N) is 3. The SMILES string of the molecule is COC(=O)c1ccc(N2CCN(C(C)C)CC2)c(Br)n1. The number of pyridine rings is 1. The summed E-state index contributed by atoms with van der Waals surface area (Å²) in [4.78, 5) is 20.5. The van der Waals surface area contributed by atoms with Gasteiger partial charge < -0.3 is 9.64 Å². The van der Waals surface area contributed by atoms with Gasteiger partial charge in [0.15, 0.2) is 0 Å². The number of hydrogen-bond donors (Lipinski definition) is 0. The molecule has 0 unspecified atom stereocenters. The number of hydrogen-bond acceptors (Lipinski definition) is 5. The minimum atomic E-state index is -0.415. The van der Waals surface area contributed by atoms with Gasteiger partial charge in [0.2, 0.25) is 0 Å². The molecule has 1 saturated heterocycles. The Morgan fingerprint density at radius 1 is 1.30 bits per heavy atom. The zero-order valence-corrected chi connectivity index (χ0v) is 13.7. The summed E-state index contributed by atoms with van der Waals surface area (Å²) in [5.41, 5.74) is 1.35. The van der Waals surface area contributed by atoms with Crippen LogP contribution in [0.5, 0.6) is 0 Å². The first-order valence-electron chi connectivity index (χ1n) is 6.76. The normalized spacial score (nSPS) is 16.6. The van der Waals surface area contributed by atoms with E-state index in [4.69, 9.17) is 0 Å². The number of esters is 1. The monoisotopic (exact) mass is 341 g/mol. The fraction of sp³-hybridized carbons (Fsp3) is 0.571. The van der Waals surface area contributed by atoms with Gasteiger partial charge in [-0.2, -0.15) is 0 Å². The fourth-order valence-corrected chi connectivity index (χ4v) is 2.93. The number of piperazine rings is 1. The third-order valence-electron chi connectivity index (χ3n) is 3.61. The van der Waals surface area contributed by atoms with Crippen molar-refractivity contribution in [2.45, 2.75) is 19.9 Å². The van der Waals surface area contributed by atoms with Crippen molar-refractivity contribution in [2.24, 2.45) is 0 Å². The summed E-state index contributed by atoms with van der Waals surface area (Å²) < 4.78 is 5.37. The zero-order valence-electron chi connectivity index (χ0n) is 12.1. The number of methoxy groups -OCH3 is 1. The molecule has 0 atom stereocenters. The Morgan fingerprint density at radius 3 is 2.45 bits per heavy atom. The van der Waals surface area contributed by atoms with Gasteiger partial charge in [0.1, 0.15) is 10.3 Å². The van der Waals surface area contributed by atoms with Gasteiger partial charge in [-0.3, -0.25) is 4.90 Å². The average Bonchev–Trinajstić information content (AvgIpc) is 2.46. The number of aromatic nitrogens is 1. The van der Waals surface area contributed by atoms with E-state index in [1.165, 1.54) is 7.11 Å².